The van der Waals surface area contributed by atoms with Crippen molar-refractivity contribution in [2.24, 2.45) is 5.92 Å². The van der Waals surface area contributed by atoms with Crippen molar-refractivity contribution < 1.29 is 28.6 Å². The van der Waals surface area contributed by atoms with Gasteiger partial charge in [-0.3, -0.25) is 9.59 Å². The number of ether oxygens (including phenoxy) is 3. The number of methoxy groups -OCH3 is 1. The van der Waals surface area contributed by atoms with Crippen LogP contribution in [0.4, 0.5) is 11.4 Å². The molecule has 162 valence electrons. The molecule has 2 aromatic rings. The van der Waals surface area contributed by atoms with Gasteiger partial charge in [0.15, 0.2) is 0 Å². The third-order valence-corrected chi connectivity index (χ3v) is 5.44. The molecular formula is C23H24N2O6. The summed E-state index contributed by atoms with van der Waals surface area (Å²) in [6.07, 6.45) is -0.808. The lowest BCUT2D eigenvalue weighted by atomic mass is 10.0. The lowest BCUT2D eigenvalue weighted by Crippen LogP contribution is -2.49. The van der Waals surface area contributed by atoms with E-state index in [-0.39, 0.29) is 31.3 Å². The number of para-hydroxylation sites is 2. The van der Waals surface area contributed by atoms with Gasteiger partial charge in [0.2, 0.25) is 17.9 Å². The summed E-state index contributed by atoms with van der Waals surface area (Å²) >= 11 is 0. The van der Waals surface area contributed by atoms with Crippen LogP contribution in [0, 0.1) is 5.92 Å². The van der Waals surface area contributed by atoms with Crippen LogP contribution in [0.25, 0.3) is 0 Å². The fourth-order valence-electron chi connectivity index (χ4n) is 3.93. The zero-order valence-corrected chi connectivity index (χ0v) is 17.4. The van der Waals surface area contributed by atoms with E-state index in [1.807, 2.05) is 19.1 Å². The van der Waals surface area contributed by atoms with E-state index < -0.39 is 18.0 Å². The Morgan fingerprint density at radius 1 is 1.10 bits per heavy atom. The molecule has 0 N–H and O–H groups in total. The van der Waals surface area contributed by atoms with Gasteiger partial charge < -0.3 is 24.0 Å². The number of hydrogen-bond acceptors (Lipinski definition) is 6. The zero-order valence-electron chi connectivity index (χ0n) is 17.4. The Morgan fingerprint density at radius 3 is 2.55 bits per heavy atom. The Morgan fingerprint density at radius 2 is 1.84 bits per heavy atom. The Hall–Kier alpha value is -3.55. The van der Waals surface area contributed by atoms with Crippen LogP contribution in [-0.4, -0.2) is 50.7 Å². The first-order valence-corrected chi connectivity index (χ1v) is 10.2. The van der Waals surface area contributed by atoms with E-state index in [2.05, 4.69) is 0 Å². The fraction of sp³-hybridized carbons (Fsp3) is 0.348. The smallest absolute Gasteiger partial charge is 0.348 e. The minimum Gasteiger partial charge on any atom is -0.494 e. The highest BCUT2D eigenvalue weighted by Gasteiger charge is 2.41. The first-order chi connectivity index (χ1) is 15.0. The SMILES string of the molecule is CCOc1ccc(N2C[C@H](C(=O)N3C[C@H](C(=O)OC)Oc4ccccc43)CC2=O)cc1. The van der Waals surface area contributed by atoms with E-state index in [0.29, 0.717) is 18.0 Å². The monoisotopic (exact) mass is 424 g/mol. The van der Waals surface area contributed by atoms with E-state index >= 15 is 0 Å². The first-order valence-electron chi connectivity index (χ1n) is 10.2. The van der Waals surface area contributed by atoms with Gasteiger partial charge in [0.1, 0.15) is 11.5 Å². The van der Waals surface area contributed by atoms with Crippen LogP contribution in [0.2, 0.25) is 0 Å². The second kappa shape index (κ2) is 8.67. The second-order valence-corrected chi connectivity index (χ2v) is 7.38. The number of benzene rings is 2. The Balaban J connectivity index is 1.54. The molecule has 0 unspecified atom stereocenters. The van der Waals surface area contributed by atoms with Crippen LogP contribution in [0.15, 0.2) is 48.5 Å². The number of anilines is 2. The molecule has 2 aromatic carbocycles. The summed E-state index contributed by atoms with van der Waals surface area (Å²) in [7, 11) is 1.28. The molecule has 4 rings (SSSR count). The largest absolute Gasteiger partial charge is 0.494 e. The van der Waals surface area contributed by atoms with E-state index in [4.69, 9.17) is 14.2 Å². The van der Waals surface area contributed by atoms with E-state index in [0.717, 1.165) is 11.4 Å². The molecule has 2 atom stereocenters. The van der Waals surface area contributed by atoms with Gasteiger partial charge in [-0.25, -0.2) is 4.79 Å². The van der Waals surface area contributed by atoms with Gasteiger partial charge in [-0.1, -0.05) is 12.1 Å². The number of fused-ring (bicyclic) bond motifs is 1. The maximum Gasteiger partial charge on any atom is 0.348 e. The van der Waals surface area contributed by atoms with Crippen LogP contribution in [0.1, 0.15) is 13.3 Å². The molecule has 8 heteroatoms. The summed E-state index contributed by atoms with van der Waals surface area (Å²) in [6.45, 7) is 2.78. The Kier molecular flexibility index (Phi) is 5.79. The van der Waals surface area contributed by atoms with Gasteiger partial charge in [0.25, 0.3) is 0 Å². The van der Waals surface area contributed by atoms with Crippen LogP contribution < -0.4 is 19.3 Å². The lowest BCUT2D eigenvalue weighted by Gasteiger charge is -2.34. The van der Waals surface area contributed by atoms with Gasteiger partial charge in [-0.2, -0.15) is 0 Å². The number of esters is 1. The van der Waals surface area contributed by atoms with E-state index in [9.17, 15) is 14.4 Å². The van der Waals surface area contributed by atoms with Crippen molar-refractivity contribution in [3.63, 3.8) is 0 Å². The highest BCUT2D eigenvalue weighted by Crippen LogP contribution is 2.36. The summed E-state index contributed by atoms with van der Waals surface area (Å²) in [5.41, 5.74) is 1.30. The van der Waals surface area contributed by atoms with Gasteiger partial charge >= 0.3 is 5.97 Å². The fourth-order valence-corrected chi connectivity index (χ4v) is 3.93. The highest BCUT2D eigenvalue weighted by molar-refractivity contribution is 6.05. The van der Waals surface area contributed by atoms with Crippen LogP contribution in [0.5, 0.6) is 11.5 Å². The molecule has 1 saturated heterocycles. The van der Waals surface area contributed by atoms with Crippen LogP contribution in [-0.2, 0) is 19.1 Å². The highest BCUT2D eigenvalue weighted by atomic mass is 16.6. The normalized spacial score (nSPS) is 20.1. The third-order valence-electron chi connectivity index (χ3n) is 5.44. The molecule has 0 spiro atoms. The number of hydrogen-bond donors (Lipinski definition) is 0. The van der Waals surface area contributed by atoms with Gasteiger partial charge in [0.05, 0.1) is 31.9 Å². The number of carbonyl (C=O) groups is 3. The molecule has 0 aromatic heterocycles. The predicted octanol–water partition coefficient (Wildman–Crippen LogP) is 2.41. The van der Waals surface area contributed by atoms with Crippen molar-refractivity contribution in [3.8, 4) is 11.5 Å². The Labute approximate surface area is 180 Å². The molecule has 0 aliphatic carbocycles. The maximum absolute atomic E-state index is 13.4. The molecule has 0 bridgehead atoms. The average Bonchev–Trinajstić information content (AvgIpc) is 3.19. The summed E-state index contributed by atoms with van der Waals surface area (Å²) in [4.78, 5) is 41.3. The number of carbonyl (C=O) groups excluding carboxylic acids is 3. The number of rotatable bonds is 5. The summed E-state index contributed by atoms with van der Waals surface area (Å²) in [5, 5.41) is 0. The summed E-state index contributed by atoms with van der Waals surface area (Å²) in [6, 6.07) is 14.3. The van der Waals surface area contributed by atoms with Crippen molar-refractivity contribution >= 4 is 29.2 Å². The molecule has 2 aliphatic rings. The molecule has 8 nitrogen and oxygen atoms in total. The topological polar surface area (TPSA) is 85.4 Å². The zero-order chi connectivity index (χ0) is 22.0. The summed E-state index contributed by atoms with van der Waals surface area (Å²) in [5.74, 6) is -0.246. The van der Waals surface area contributed by atoms with Gasteiger partial charge in [-0.15, -0.1) is 0 Å². The van der Waals surface area contributed by atoms with Crippen LogP contribution >= 0.6 is 0 Å². The second-order valence-electron chi connectivity index (χ2n) is 7.38. The minimum atomic E-state index is -0.914. The molecule has 2 heterocycles. The standard InChI is InChI=1S/C23H24N2O6/c1-3-30-17-10-8-16(9-11-17)24-13-15(12-21(24)26)22(27)25-14-20(23(28)29-2)31-19-7-5-4-6-18(19)25/h4-11,15,20H,3,12-14H2,1-2H3/t15-,20-/m1/s1. The first kappa shape index (κ1) is 20.7. The predicted molar refractivity (Wildman–Crippen MR) is 113 cm³/mol. The Bertz CT molecular complexity index is 990. The molecule has 0 saturated carbocycles. The van der Waals surface area contributed by atoms with Crippen molar-refractivity contribution in [1.82, 2.24) is 0 Å². The molecule has 0 radical (unpaired) electrons. The number of nitrogens with zero attached hydrogens (tertiary/aromatic N) is 2. The lowest BCUT2D eigenvalue weighted by molar-refractivity contribution is -0.148. The van der Waals surface area contributed by atoms with E-state index in [1.165, 1.54) is 12.0 Å². The summed E-state index contributed by atoms with van der Waals surface area (Å²) < 4.78 is 16.0. The van der Waals surface area contributed by atoms with Gasteiger partial charge in [0, 0.05) is 18.7 Å². The molecular weight excluding hydrogens is 400 g/mol. The molecule has 2 amide bonds. The van der Waals surface area contributed by atoms with Crippen molar-refractivity contribution in [1.29, 1.82) is 0 Å². The molecule has 1 fully saturated rings. The van der Waals surface area contributed by atoms with Crippen LogP contribution in [0.3, 0.4) is 0 Å². The molecule has 31 heavy (non-hydrogen) atoms. The maximum atomic E-state index is 13.4. The van der Waals surface area contributed by atoms with Crippen molar-refractivity contribution in [3.05, 3.63) is 48.5 Å². The van der Waals surface area contributed by atoms with Gasteiger partial charge in [-0.05, 0) is 43.3 Å². The average molecular weight is 424 g/mol. The quantitative estimate of drug-likeness (QED) is 0.686. The minimum absolute atomic E-state index is 0.0380. The van der Waals surface area contributed by atoms with Crippen molar-refractivity contribution in [2.75, 3.05) is 36.6 Å². The van der Waals surface area contributed by atoms with Crippen molar-refractivity contribution in [2.45, 2.75) is 19.4 Å². The third kappa shape index (κ3) is 4.05. The van der Waals surface area contributed by atoms with E-state index in [1.54, 1.807) is 41.3 Å². The number of amides is 2. The molecule has 2 aliphatic heterocycles.